The van der Waals surface area contributed by atoms with Crippen molar-refractivity contribution >= 4 is 11.8 Å². The van der Waals surface area contributed by atoms with Crippen LogP contribution in [0.15, 0.2) is 18.2 Å². The van der Waals surface area contributed by atoms with E-state index < -0.39 is 0 Å². The highest BCUT2D eigenvalue weighted by Crippen LogP contribution is 2.21. The number of hydrogen-bond acceptors (Lipinski definition) is 2. The fourth-order valence-corrected chi connectivity index (χ4v) is 1.94. The molecule has 0 aliphatic carbocycles. The molecule has 1 N–H and O–H groups in total. The van der Waals surface area contributed by atoms with Crippen LogP contribution in [0, 0.1) is 13.8 Å². The Morgan fingerprint density at radius 2 is 2.08 bits per heavy atom. The van der Waals surface area contributed by atoms with Crippen molar-refractivity contribution in [3.05, 3.63) is 34.9 Å². The molecule has 13 heavy (non-hydrogen) atoms. The molecule has 0 saturated carbocycles. The predicted octanol–water partition coefficient (Wildman–Crippen LogP) is 2.70. The first-order chi connectivity index (χ1) is 6.15. The van der Waals surface area contributed by atoms with Gasteiger partial charge in [0.15, 0.2) is 0 Å². The van der Waals surface area contributed by atoms with Gasteiger partial charge in [-0.15, -0.1) is 0 Å². The molecule has 1 unspecified atom stereocenters. The van der Waals surface area contributed by atoms with E-state index in [1.165, 1.54) is 11.1 Å². The van der Waals surface area contributed by atoms with Crippen LogP contribution in [0.4, 0.5) is 0 Å². The fourth-order valence-electron chi connectivity index (χ4n) is 1.45. The van der Waals surface area contributed by atoms with E-state index in [0.29, 0.717) is 0 Å². The quantitative estimate of drug-likeness (QED) is 0.802. The Balaban J connectivity index is 2.88. The molecule has 1 nitrogen and oxygen atoms in total. The molecular formula is C11H16OS. The lowest BCUT2D eigenvalue weighted by atomic mass is 10.0. The van der Waals surface area contributed by atoms with Gasteiger partial charge in [-0.25, -0.2) is 0 Å². The van der Waals surface area contributed by atoms with E-state index >= 15 is 0 Å². The minimum atomic E-state index is -0.324. The lowest BCUT2D eigenvalue weighted by molar-refractivity contribution is 0.203. The van der Waals surface area contributed by atoms with E-state index in [1.54, 1.807) is 11.8 Å². The average molecular weight is 196 g/mol. The minimum Gasteiger partial charge on any atom is -0.388 e. The molecule has 0 bridgehead atoms. The standard InChI is InChI=1S/C11H16OS/c1-8-4-5-10(9(2)6-8)11(12)7-13-3/h4-6,11-12H,7H2,1-3H3. The van der Waals surface area contributed by atoms with Crippen molar-refractivity contribution < 1.29 is 5.11 Å². The average Bonchev–Trinajstić information content (AvgIpc) is 2.04. The van der Waals surface area contributed by atoms with Gasteiger partial charge in [-0.2, -0.15) is 11.8 Å². The molecular weight excluding hydrogens is 180 g/mol. The monoisotopic (exact) mass is 196 g/mol. The molecule has 0 spiro atoms. The van der Waals surface area contributed by atoms with Crippen molar-refractivity contribution in [2.75, 3.05) is 12.0 Å². The third kappa shape index (κ3) is 2.75. The lowest BCUT2D eigenvalue weighted by Crippen LogP contribution is -2.02. The van der Waals surface area contributed by atoms with Gasteiger partial charge in [0, 0.05) is 5.75 Å². The number of aliphatic hydroxyl groups excluding tert-OH is 1. The number of benzene rings is 1. The molecule has 2 heteroatoms. The maximum Gasteiger partial charge on any atom is 0.0882 e. The van der Waals surface area contributed by atoms with Crippen molar-refractivity contribution in [2.45, 2.75) is 20.0 Å². The molecule has 0 amide bonds. The van der Waals surface area contributed by atoms with E-state index in [1.807, 2.05) is 25.3 Å². The van der Waals surface area contributed by atoms with Gasteiger partial charge in [-0.05, 0) is 31.2 Å². The van der Waals surface area contributed by atoms with E-state index in [4.69, 9.17) is 0 Å². The molecule has 72 valence electrons. The van der Waals surface area contributed by atoms with Crippen LogP contribution in [0.5, 0.6) is 0 Å². The van der Waals surface area contributed by atoms with E-state index in [2.05, 4.69) is 13.0 Å². The smallest absolute Gasteiger partial charge is 0.0882 e. The third-order valence-electron chi connectivity index (χ3n) is 2.11. The number of aliphatic hydroxyl groups is 1. The number of hydrogen-bond donors (Lipinski definition) is 1. The second-order valence-electron chi connectivity index (χ2n) is 3.33. The summed E-state index contributed by atoms with van der Waals surface area (Å²) in [5.41, 5.74) is 3.49. The molecule has 0 fully saturated rings. The summed E-state index contributed by atoms with van der Waals surface area (Å²) >= 11 is 1.67. The van der Waals surface area contributed by atoms with Crippen LogP contribution in [0.3, 0.4) is 0 Å². The highest BCUT2D eigenvalue weighted by Gasteiger charge is 2.08. The number of aryl methyl sites for hydroxylation is 2. The first-order valence-corrected chi connectivity index (χ1v) is 5.78. The van der Waals surface area contributed by atoms with Gasteiger partial charge in [0.05, 0.1) is 6.10 Å². The normalized spacial score (nSPS) is 12.9. The van der Waals surface area contributed by atoms with Gasteiger partial charge < -0.3 is 5.11 Å². The van der Waals surface area contributed by atoms with Crippen LogP contribution in [-0.2, 0) is 0 Å². The summed E-state index contributed by atoms with van der Waals surface area (Å²) in [6, 6.07) is 6.18. The molecule has 0 radical (unpaired) electrons. The topological polar surface area (TPSA) is 20.2 Å². The van der Waals surface area contributed by atoms with Gasteiger partial charge in [-0.1, -0.05) is 23.8 Å². The SMILES string of the molecule is CSCC(O)c1ccc(C)cc1C. The number of thioether (sulfide) groups is 1. The first-order valence-electron chi connectivity index (χ1n) is 4.39. The molecule has 1 rings (SSSR count). The zero-order valence-electron chi connectivity index (χ0n) is 8.37. The zero-order chi connectivity index (χ0) is 9.84. The zero-order valence-corrected chi connectivity index (χ0v) is 9.19. The van der Waals surface area contributed by atoms with E-state index in [-0.39, 0.29) is 6.10 Å². The molecule has 0 saturated heterocycles. The summed E-state index contributed by atoms with van der Waals surface area (Å²) in [5, 5.41) is 9.77. The number of rotatable bonds is 3. The summed E-state index contributed by atoms with van der Waals surface area (Å²) in [6.45, 7) is 4.11. The summed E-state index contributed by atoms with van der Waals surface area (Å²) < 4.78 is 0. The summed E-state index contributed by atoms with van der Waals surface area (Å²) in [5.74, 6) is 0.768. The predicted molar refractivity (Wildman–Crippen MR) is 59.3 cm³/mol. The van der Waals surface area contributed by atoms with Crippen molar-refractivity contribution in [3.8, 4) is 0 Å². The highest BCUT2D eigenvalue weighted by molar-refractivity contribution is 7.98. The van der Waals surface area contributed by atoms with Gasteiger partial charge >= 0.3 is 0 Å². The Morgan fingerprint density at radius 3 is 2.62 bits per heavy atom. The van der Waals surface area contributed by atoms with Crippen LogP contribution in [-0.4, -0.2) is 17.1 Å². The maximum absolute atomic E-state index is 9.77. The second kappa shape index (κ2) is 4.68. The fraction of sp³-hybridized carbons (Fsp3) is 0.455. The van der Waals surface area contributed by atoms with Crippen molar-refractivity contribution in [1.82, 2.24) is 0 Å². The molecule has 0 aromatic heterocycles. The van der Waals surface area contributed by atoms with Crippen molar-refractivity contribution in [2.24, 2.45) is 0 Å². The van der Waals surface area contributed by atoms with Gasteiger partial charge in [0.2, 0.25) is 0 Å². The molecule has 0 aliphatic rings. The van der Waals surface area contributed by atoms with Gasteiger partial charge in [-0.3, -0.25) is 0 Å². The molecule has 0 heterocycles. The highest BCUT2D eigenvalue weighted by atomic mass is 32.2. The summed E-state index contributed by atoms with van der Waals surface area (Å²) in [7, 11) is 0. The van der Waals surface area contributed by atoms with Gasteiger partial charge in [0.25, 0.3) is 0 Å². The Bertz CT molecular complexity index is 283. The van der Waals surface area contributed by atoms with Crippen LogP contribution in [0.2, 0.25) is 0 Å². The molecule has 1 aromatic rings. The maximum atomic E-state index is 9.77. The van der Waals surface area contributed by atoms with E-state index in [0.717, 1.165) is 11.3 Å². The van der Waals surface area contributed by atoms with Crippen LogP contribution in [0.1, 0.15) is 22.8 Å². The van der Waals surface area contributed by atoms with Gasteiger partial charge in [0.1, 0.15) is 0 Å². The summed E-state index contributed by atoms with van der Waals surface area (Å²) in [6.07, 6.45) is 1.68. The second-order valence-corrected chi connectivity index (χ2v) is 4.24. The summed E-state index contributed by atoms with van der Waals surface area (Å²) in [4.78, 5) is 0. The van der Waals surface area contributed by atoms with Crippen LogP contribution < -0.4 is 0 Å². The molecule has 1 aromatic carbocycles. The minimum absolute atomic E-state index is 0.324. The van der Waals surface area contributed by atoms with Crippen molar-refractivity contribution in [3.63, 3.8) is 0 Å². The largest absolute Gasteiger partial charge is 0.388 e. The first kappa shape index (κ1) is 10.6. The third-order valence-corrected chi connectivity index (χ3v) is 2.76. The Hall–Kier alpha value is -0.470. The Labute approximate surface area is 84.2 Å². The van der Waals surface area contributed by atoms with Crippen LogP contribution >= 0.6 is 11.8 Å². The van der Waals surface area contributed by atoms with Crippen LogP contribution in [0.25, 0.3) is 0 Å². The Kier molecular flexibility index (Phi) is 3.82. The lowest BCUT2D eigenvalue weighted by Gasteiger charge is -2.12. The molecule has 0 aliphatic heterocycles. The Morgan fingerprint density at radius 1 is 1.38 bits per heavy atom. The van der Waals surface area contributed by atoms with Crippen molar-refractivity contribution in [1.29, 1.82) is 0 Å². The molecule has 1 atom stereocenters. The van der Waals surface area contributed by atoms with E-state index in [9.17, 15) is 5.11 Å².